The van der Waals surface area contributed by atoms with Crippen LogP contribution in [0.1, 0.15) is 12.6 Å². The Hall–Kier alpha value is -2.92. The highest BCUT2D eigenvalue weighted by molar-refractivity contribution is 7.89. The number of carbonyl (C=O) groups is 1. The number of nitrogens with one attached hydrogen (secondary N) is 1. The molecular formula is C19H21F2N5O3S. The molecule has 0 bridgehead atoms. The van der Waals surface area contributed by atoms with E-state index in [1.54, 1.807) is 4.90 Å². The molecule has 1 aromatic carbocycles. The Bertz CT molecular complexity index is 1030. The van der Waals surface area contributed by atoms with E-state index in [1.807, 2.05) is 0 Å². The van der Waals surface area contributed by atoms with E-state index < -0.39 is 21.9 Å². The van der Waals surface area contributed by atoms with E-state index in [1.165, 1.54) is 34.8 Å². The van der Waals surface area contributed by atoms with Crippen LogP contribution < -0.4 is 10.2 Å². The number of hydrogen-bond acceptors (Lipinski definition) is 6. The van der Waals surface area contributed by atoms with E-state index in [0.29, 0.717) is 5.69 Å². The number of halogens is 2. The van der Waals surface area contributed by atoms with E-state index in [9.17, 15) is 22.0 Å². The van der Waals surface area contributed by atoms with E-state index in [4.69, 9.17) is 0 Å². The molecule has 0 saturated carbocycles. The Balaban J connectivity index is 1.68. The largest absolute Gasteiger partial charge is 0.338 e. The van der Waals surface area contributed by atoms with Crippen molar-refractivity contribution in [1.29, 1.82) is 0 Å². The van der Waals surface area contributed by atoms with Crippen molar-refractivity contribution >= 4 is 27.6 Å². The molecule has 30 heavy (non-hydrogen) atoms. The molecule has 1 aromatic heterocycles. The van der Waals surface area contributed by atoms with Crippen molar-refractivity contribution in [3.8, 4) is 0 Å². The lowest BCUT2D eigenvalue weighted by atomic mass is 10.2. The molecule has 160 valence electrons. The van der Waals surface area contributed by atoms with Crippen molar-refractivity contribution in [3.05, 3.63) is 54.9 Å². The molecule has 0 radical (unpaired) electrons. The minimum Gasteiger partial charge on any atom is -0.338 e. The van der Waals surface area contributed by atoms with Crippen LogP contribution in [-0.4, -0.2) is 54.8 Å². The zero-order valence-corrected chi connectivity index (χ0v) is 17.1. The molecule has 2 aromatic rings. The fraction of sp³-hybridized carbons (Fsp3) is 0.316. The van der Waals surface area contributed by atoms with Gasteiger partial charge in [-0.2, -0.15) is 13.1 Å². The standard InChI is InChI=1S/C19H21F2N5O3S/c1-3-17(27)23-14-4-6-15(7-5-14)30(28,29)26-12-10-25(11-13-26)18-22-9-8-16(24-18)19(2,20)21/h3-9H,1,10-13H2,2H3,(H,23,27). The van der Waals surface area contributed by atoms with Gasteiger partial charge in [0.1, 0.15) is 5.69 Å². The zero-order chi connectivity index (χ0) is 21.9. The van der Waals surface area contributed by atoms with Crippen molar-refractivity contribution in [3.63, 3.8) is 0 Å². The van der Waals surface area contributed by atoms with Crippen molar-refractivity contribution in [2.24, 2.45) is 0 Å². The molecule has 0 aliphatic carbocycles. The third kappa shape index (κ3) is 4.79. The zero-order valence-electron chi connectivity index (χ0n) is 16.3. The van der Waals surface area contributed by atoms with Crippen molar-refractivity contribution in [2.75, 3.05) is 36.4 Å². The number of benzene rings is 1. The lowest BCUT2D eigenvalue weighted by Gasteiger charge is -2.34. The normalized spacial score (nSPS) is 15.6. The van der Waals surface area contributed by atoms with Gasteiger partial charge in [-0.3, -0.25) is 4.79 Å². The highest BCUT2D eigenvalue weighted by Crippen LogP contribution is 2.26. The van der Waals surface area contributed by atoms with E-state index in [-0.39, 0.29) is 42.7 Å². The van der Waals surface area contributed by atoms with Crippen molar-refractivity contribution < 1.29 is 22.0 Å². The first-order valence-corrected chi connectivity index (χ1v) is 10.6. The molecule has 1 saturated heterocycles. The van der Waals surface area contributed by atoms with Crippen LogP contribution in [0.5, 0.6) is 0 Å². The first-order chi connectivity index (χ1) is 14.1. The van der Waals surface area contributed by atoms with Gasteiger partial charge in [0.25, 0.3) is 5.92 Å². The van der Waals surface area contributed by atoms with Crippen LogP contribution in [0.15, 0.2) is 54.1 Å². The Morgan fingerprint density at radius 3 is 2.37 bits per heavy atom. The number of sulfonamides is 1. The first kappa shape index (κ1) is 21.8. The summed E-state index contributed by atoms with van der Waals surface area (Å²) in [6, 6.07) is 6.97. The molecule has 1 fully saturated rings. The topological polar surface area (TPSA) is 95.5 Å². The number of anilines is 2. The summed E-state index contributed by atoms with van der Waals surface area (Å²) in [6.07, 6.45) is 2.38. The molecule has 3 rings (SSSR count). The Morgan fingerprint density at radius 2 is 1.80 bits per heavy atom. The molecule has 0 atom stereocenters. The number of nitrogens with zero attached hydrogens (tertiary/aromatic N) is 4. The quantitative estimate of drug-likeness (QED) is 0.697. The van der Waals surface area contributed by atoms with Gasteiger partial charge in [-0.15, -0.1) is 0 Å². The summed E-state index contributed by atoms with van der Waals surface area (Å²) in [5, 5.41) is 2.55. The van der Waals surface area contributed by atoms with Gasteiger partial charge in [0.15, 0.2) is 0 Å². The number of alkyl halides is 2. The summed E-state index contributed by atoms with van der Waals surface area (Å²) in [6.45, 7) is 4.98. The highest BCUT2D eigenvalue weighted by atomic mass is 32.2. The summed E-state index contributed by atoms with van der Waals surface area (Å²) in [5.74, 6) is -3.33. The van der Waals surface area contributed by atoms with Crippen LogP contribution >= 0.6 is 0 Å². The van der Waals surface area contributed by atoms with Crippen LogP contribution in [0.2, 0.25) is 0 Å². The number of carbonyl (C=O) groups excluding carboxylic acids is 1. The van der Waals surface area contributed by atoms with Gasteiger partial charge in [0, 0.05) is 45.0 Å². The highest BCUT2D eigenvalue weighted by Gasteiger charge is 2.31. The molecule has 1 aliphatic heterocycles. The molecule has 1 amide bonds. The lowest BCUT2D eigenvalue weighted by Crippen LogP contribution is -2.49. The molecule has 2 heterocycles. The van der Waals surface area contributed by atoms with E-state index in [0.717, 1.165) is 19.1 Å². The number of hydrogen-bond donors (Lipinski definition) is 1. The van der Waals surface area contributed by atoms with Gasteiger partial charge in [-0.25, -0.2) is 18.4 Å². The third-order valence-corrected chi connectivity index (χ3v) is 6.47. The number of rotatable bonds is 6. The lowest BCUT2D eigenvalue weighted by molar-refractivity contribution is -0.111. The molecule has 1 aliphatic rings. The second-order valence-corrected chi connectivity index (χ2v) is 8.68. The summed E-state index contributed by atoms with van der Waals surface area (Å²) in [4.78, 5) is 21.0. The Kier molecular flexibility index (Phi) is 6.13. The minimum atomic E-state index is -3.74. The average molecular weight is 437 g/mol. The smallest absolute Gasteiger partial charge is 0.287 e. The second-order valence-electron chi connectivity index (χ2n) is 6.74. The minimum absolute atomic E-state index is 0.0939. The monoisotopic (exact) mass is 437 g/mol. The maximum atomic E-state index is 13.5. The third-order valence-electron chi connectivity index (χ3n) is 4.56. The Morgan fingerprint density at radius 1 is 1.17 bits per heavy atom. The predicted octanol–water partition coefficient (Wildman–Crippen LogP) is 2.22. The van der Waals surface area contributed by atoms with Gasteiger partial charge < -0.3 is 10.2 Å². The fourth-order valence-electron chi connectivity index (χ4n) is 2.93. The molecular weight excluding hydrogens is 416 g/mol. The summed E-state index contributed by atoms with van der Waals surface area (Å²) in [5.41, 5.74) is 0.0691. The molecule has 0 spiro atoms. The average Bonchev–Trinajstić information content (AvgIpc) is 2.73. The van der Waals surface area contributed by atoms with Gasteiger partial charge in [0.05, 0.1) is 4.90 Å². The van der Waals surface area contributed by atoms with Crippen molar-refractivity contribution in [1.82, 2.24) is 14.3 Å². The molecule has 0 unspecified atom stereocenters. The van der Waals surface area contributed by atoms with E-state index >= 15 is 0 Å². The number of piperazine rings is 1. The number of amides is 1. The Labute approximate surface area is 173 Å². The van der Waals surface area contributed by atoms with Gasteiger partial charge in [-0.05, 0) is 36.4 Å². The second kappa shape index (κ2) is 8.44. The van der Waals surface area contributed by atoms with Gasteiger partial charge in [0.2, 0.25) is 21.9 Å². The van der Waals surface area contributed by atoms with Gasteiger partial charge >= 0.3 is 0 Å². The fourth-order valence-corrected chi connectivity index (χ4v) is 4.35. The summed E-state index contributed by atoms with van der Waals surface area (Å²) < 4.78 is 54.1. The van der Waals surface area contributed by atoms with Crippen LogP contribution in [0.25, 0.3) is 0 Å². The SMILES string of the molecule is C=CC(=O)Nc1ccc(S(=O)(=O)N2CCN(c3nccc(C(C)(F)F)n3)CC2)cc1. The van der Waals surface area contributed by atoms with Crippen LogP contribution in [0.4, 0.5) is 20.4 Å². The maximum absolute atomic E-state index is 13.5. The predicted molar refractivity (Wildman–Crippen MR) is 108 cm³/mol. The van der Waals surface area contributed by atoms with E-state index in [2.05, 4.69) is 21.9 Å². The van der Waals surface area contributed by atoms with Crippen LogP contribution in [0.3, 0.4) is 0 Å². The summed E-state index contributed by atoms with van der Waals surface area (Å²) in [7, 11) is -3.74. The number of aromatic nitrogens is 2. The first-order valence-electron chi connectivity index (χ1n) is 9.11. The van der Waals surface area contributed by atoms with Crippen LogP contribution in [0, 0.1) is 0 Å². The molecule has 1 N–H and O–H groups in total. The summed E-state index contributed by atoms with van der Waals surface area (Å²) >= 11 is 0. The molecule has 8 nitrogen and oxygen atoms in total. The maximum Gasteiger partial charge on any atom is 0.287 e. The van der Waals surface area contributed by atoms with Crippen molar-refractivity contribution in [2.45, 2.75) is 17.7 Å². The van der Waals surface area contributed by atoms with Gasteiger partial charge in [-0.1, -0.05) is 6.58 Å². The molecule has 11 heteroatoms. The van der Waals surface area contributed by atoms with Crippen LogP contribution in [-0.2, 0) is 20.7 Å².